The summed E-state index contributed by atoms with van der Waals surface area (Å²) in [4.78, 5) is 44.4. The van der Waals surface area contributed by atoms with Crippen molar-refractivity contribution in [3.05, 3.63) is 56.1 Å². The van der Waals surface area contributed by atoms with Gasteiger partial charge in [0.2, 0.25) is 11.8 Å². The molecule has 3 aromatic rings. The van der Waals surface area contributed by atoms with E-state index in [1.807, 2.05) is 35.2 Å². The number of rotatable bonds is 4. The van der Waals surface area contributed by atoms with Crippen LogP contribution in [0.25, 0.3) is 10.9 Å². The molecule has 0 bridgehead atoms. The molecule has 4 amide bonds. The van der Waals surface area contributed by atoms with E-state index < -0.39 is 24.5 Å². The normalized spacial score (nSPS) is 20.1. The first kappa shape index (κ1) is 30.9. The van der Waals surface area contributed by atoms with Gasteiger partial charge in [-0.15, -0.1) is 0 Å². The van der Waals surface area contributed by atoms with Crippen molar-refractivity contribution in [3.8, 4) is 0 Å². The molecule has 234 valence electrons. The van der Waals surface area contributed by atoms with E-state index in [1.165, 1.54) is 0 Å². The van der Waals surface area contributed by atoms with Gasteiger partial charge in [0.1, 0.15) is 16.7 Å². The number of piperidine rings is 1. The fraction of sp³-hybridized carbons (Fsp3) is 0.467. The third kappa shape index (κ3) is 6.33. The Morgan fingerprint density at radius 2 is 1.77 bits per heavy atom. The van der Waals surface area contributed by atoms with Crippen LogP contribution < -0.4 is 5.32 Å². The average Bonchev–Trinajstić information content (AvgIpc) is 3.28. The fourth-order valence-corrected chi connectivity index (χ4v) is 7.75. The van der Waals surface area contributed by atoms with Gasteiger partial charge in [-0.3, -0.25) is 14.7 Å². The van der Waals surface area contributed by atoms with E-state index in [9.17, 15) is 27.6 Å². The average molecular weight is 740 g/mol. The monoisotopic (exact) mass is 738 g/mol. The Kier molecular flexibility index (Phi) is 8.66. The number of carbonyl (C=O) groups excluding carboxylic acids is 3. The molecule has 0 unspecified atom stereocenters. The molecular weight excluding hydrogens is 709 g/mol. The second kappa shape index (κ2) is 12.3. The van der Waals surface area contributed by atoms with Gasteiger partial charge >= 0.3 is 12.2 Å². The van der Waals surface area contributed by atoms with Gasteiger partial charge in [-0.2, -0.15) is 18.3 Å². The molecule has 44 heavy (non-hydrogen) atoms. The number of hydrogen-bond donors (Lipinski definition) is 2. The van der Waals surface area contributed by atoms with Gasteiger partial charge < -0.3 is 20.0 Å². The zero-order valence-corrected chi connectivity index (χ0v) is 26.9. The van der Waals surface area contributed by atoms with Crippen LogP contribution in [0.2, 0.25) is 0 Å². The summed E-state index contributed by atoms with van der Waals surface area (Å²) in [6, 6.07) is 9.37. The lowest BCUT2D eigenvalue weighted by Crippen LogP contribution is -2.50. The predicted octanol–water partition coefficient (Wildman–Crippen LogP) is 6.01. The van der Waals surface area contributed by atoms with E-state index in [0.29, 0.717) is 64.4 Å². The number of halogens is 5. The van der Waals surface area contributed by atoms with Crippen LogP contribution in [-0.2, 0) is 29.0 Å². The maximum absolute atomic E-state index is 13.7. The molecule has 1 fully saturated rings. The highest BCUT2D eigenvalue weighted by Gasteiger charge is 2.39. The molecule has 9 nitrogen and oxygen atoms in total. The smallest absolute Gasteiger partial charge is 0.343 e. The maximum atomic E-state index is 13.7. The van der Waals surface area contributed by atoms with Crippen LogP contribution in [0.4, 0.5) is 23.7 Å². The minimum Gasteiger partial charge on any atom is -0.343 e. The van der Waals surface area contributed by atoms with Crippen molar-refractivity contribution in [2.24, 2.45) is 5.92 Å². The number of amides is 4. The lowest BCUT2D eigenvalue weighted by Gasteiger charge is -2.38. The Hall–Kier alpha value is -3.13. The number of aryl methyl sites for hydroxylation is 1. The largest absolute Gasteiger partial charge is 0.406 e. The minimum atomic E-state index is -4.60. The van der Waals surface area contributed by atoms with Gasteiger partial charge in [0.15, 0.2) is 0 Å². The molecule has 1 saturated heterocycles. The first-order chi connectivity index (χ1) is 21.0. The van der Waals surface area contributed by atoms with Crippen molar-refractivity contribution in [1.29, 1.82) is 0 Å². The molecule has 0 saturated carbocycles. The van der Waals surface area contributed by atoms with E-state index >= 15 is 0 Å². The van der Waals surface area contributed by atoms with Crippen molar-refractivity contribution in [2.45, 2.75) is 57.3 Å². The van der Waals surface area contributed by atoms with Gasteiger partial charge in [0.05, 0.1) is 0 Å². The summed E-state index contributed by atoms with van der Waals surface area (Å²) in [5, 5.41) is 10.7. The van der Waals surface area contributed by atoms with Crippen LogP contribution in [0, 0.1) is 5.92 Å². The number of carbonyl (C=O) groups is 3. The molecule has 1 atom stereocenters. The molecule has 0 aliphatic carbocycles. The third-order valence-corrected chi connectivity index (χ3v) is 10.1. The molecule has 14 heteroatoms. The highest BCUT2D eigenvalue weighted by atomic mass is 79.9. The Labute approximate surface area is 268 Å². The number of aromatic nitrogens is 2. The lowest BCUT2D eigenvalue weighted by atomic mass is 9.88. The second-order valence-corrected chi connectivity index (χ2v) is 13.3. The van der Waals surface area contributed by atoms with E-state index in [4.69, 9.17) is 0 Å². The maximum Gasteiger partial charge on any atom is 0.406 e. The summed E-state index contributed by atoms with van der Waals surface area (Å²) >= 11 is 6.93. The first-order valence-electron chi connectivity index (χ1n) is 14.6. The number of alkyl halides is 3. The van der Waals surface area contributed by atoms with Gasteiger partial charge in [-0.1, -0.05) is 18.2 Å². The summed E-state index contributed by atoms with van der Waals surface area (Å²) in [6.45, 7) is -0.249. The molecule has 2 N–H and O–H groups in total. The van der Waals surface area contributed by atoms with Gasteiger partial charge in [0, 0.05) is 60.1 Å². The van der Waals surface area contributed by atoms with E-state index in [2.05, 4.69) is 47.4 Å². The van der Waals surface area contributed by atoms with Crippen molar-refractivity contribution >= 4 is 66.3 Å². The van der Waals surface area contributed by atoms with Crippen LogP contribution in [0.5, 0.6) is 0 Å². The second-order valence-electron chi connectivity index (χ2n) is 11.6. The molecule has 3 aliphatic rings. The quantitative estimate of drug-likeness (QED) is 0.342. The summed E-state index contributed by atoms with van der Waals surface area (Å²) in [5.41, 5.74) is 3.87. The highest BCUT2D eigenvalue weighted by molar-refractivity contribution is 9.11. The van der Waals surface area contributed by atoms with Gasteiger partial charge in [0.25, 0.3) is 0 Å². The van der Waals surface area contributed by atoms with Gasteiger partial charge in [-0.25, -0.2) is 4.79 Å². The molecular formula is C30H31Br2F3N6O3. The SMILES string of the molecule is O=C(C[C@@H]1CCc2cc(Br)c3n[nH]c(Br)c3c2CN(CC(F)(F)F)C1=O)N1CCC(N2CCc3ccccc3NC2=O)CC1. The number of nitrogens with one attached hydrogen (secondary N) is 2. The predicted molar refractivity (Wildman–Crippen MR) is 165 cm³/mol. The molecule has 4 heterocycles. The van der Waals surface area contributed by atoms with Crippen LogP contribution >= 0.6 is 31.9 Å². The molecule has 0 radical (unpaired) electrons. The number of H-pyrrole nitrogens is 1. The fourth-order valence-electron chi connectivity index (χ4n) is 6.67. The number of aromatic amines is 1. The molecule has 0 spiro atoms. The van der Waals surface area contributed by atoms with Crippen LogP contribution in [-0.4, -0.2) is 81.1 Å². The van der Waals surface area contributed by atoms with Crippen molar-refractivity contribution in [1.82, 2.24) is 24.9 Å². The number of likely N-dealkylation sites (tertiary alicyclic amines) is 1. The topological polar surface area (TPSA) is 102 Å². The number of para-hydroxylation sites is 1. The summed E-state index contributed by atoms with van der Waals surface area (Å²) < 4.78 is 42.3. The van der Waals surface area contributed by atoms with Crippen LogP contribution in [0.15, 0.2) is 39.4 Å². The zero-order valence-electron chi connectivity index (χ0n) is 23.7. The van der Waals surface area contributed by atoms with E-state index in [0.717, 1.165) is 28.1 Å². The third-order valence-electron chi connectivity index (χ3n) is 8.90. The van der Waals surface area contributed by atoms with Crippen molar-refractivity contribution in [2.75, 3.05) is 31.5 Å². The number of anilines is 1. The zero-order chi connectivity index (χ0) is 31.2. The molecule has 1 aromatic heterocycles. The number of benzene rings is 2. The standard InChI is InChI=1S/C30H31Br2F3N6O3/c31-22-13-18-5-6-19(28(43)40(16-30(33,34)35)15-21(18)25-26(22)37-38-27(25)32)14-24(42)39-10-8-20(9-11-39)41-12-7-17-3-1-2-4-23(17)36-29(41)44/h1-4,13,19-20H,5-12,14-16H2,(H,36,44)(H,37,38)/t19-/m0/s1. The summed E-state index contributed by atoms with van der Waals surface area (Å²) in [6.07, 6.45) is -2.18. The number of urea groups is 1. The van der Waals surface area contributed by atoms with Crippen molar-refractivity contribution in [3.63, 3.8) is 0 Å². The summed E-state index contributed by atoms with van der Waals surface area (Å²) in [5.74, 6) is -1.81. The number of hydrogen-bond acceptors (Lipinski definition) is 4. The Bertz CT molecular complexity index is 1600. The van der Waals surface area contributed by atoms with Gasteiger partial charge in [-0.05, 0) is 92.8 Å². The number of nitrogens with zero attached hydrogens (tertiary/aromatic N) is 4. The summed E-state index contributed by atoms with van der Waals surface area (Å²) in [7, 11) is 0. The number of fused-ring (bicyclic) bond motifs is 4. The Balaban J connectivity index is 1.14. The minimum absolute atomic E-state index is 0.0345. The molecule has 6 rings (SSSR count). The Morgan fingerprint density at radius 3 is 2.52 bits per heavy atom. The van der Waals surface area contributed by atoms with Crippen molar-refractivity contribution < 1.29 is 27.6 Å². The lowest BCUT2D eigenvalue weighted by molar-refractivity contribution is -0.166. The van der Waals surface area contributed by atoms with Crippen LogP contribution in [0.1, 0.15) is 42.4 Å². The van der Waals surface area contributed by atoms with E-state index in [1.54, 1.807) is 4.90 Å². The first-order valence-corrected chi connectivity index (χ1v) is 16.2. The Morgan fingerprint density at radius 1 is 1.02 bits per heavy atom. The molecule has 2 aromatic carbocycles. The van der Waals surface area contributed by atoms with Crippen LogP contribution in [0.3, 0.4) is 0 Å². The highest BCUT2D eigenvalue weighted by Crippen LogP contribution is 2.37. The molecule has 3 aliphatic heterocycles. The van der Waals surface area contributed by atoms with E-state index in [-0.39, 0.29) is 37.4 Å².